The summed E-state index contributed by atoms with van der Waals surface area (Å²) in [4.78, 5) is 14.1. The Labute approximate surface area is 131 Å². The number of nitrogens with zero attached hydrogens (tertiary/aromatic N) is 1. The molecule has 0 atom stereocenters. The van der Waals surface area contributed by atoms with Crippen molar-refractivity contribution in [2.45, 2.75) is 20.1 Å². The van der Waals surface area contributed by atoms with Crippen LogP contribution in [0.3, 0.4) is 0 Å². The van der Waals surface area contributed by atoms with Crippen molar-refractivity contribution in [3.05, 3.63) is 65.2 Å². The van der Waals surface area contributed by atoms with Crippen molar-refractivity contribution in [3.63, 3.8) is 0 Å². The number of hydrogen-bond donors (Lipinski definition) is 2. The van der Waals surface area contributed by atoms with E-state index in [1.165, 1.54) is 5.56 Å². The molecule has 0 aliphatic carbocycles. The largest absolute Gasteiger partial charge is 0.392 e. The van der Waals surface area contributed by atoms with Crippen molar-refractivity contribution in [1.29, 1.82) is 0 Å². The first-order valence-electron chi connectivity index (χ1n) is 7.31. The second-order valence-electron chi connectivity index (χ2n) is 5.51. The van der Waals surface area contributed by atoms with E-state index < -0.39 is 0 Å². The fraction of sp³-hybridized carbons (Fsp3) is 0.278. The molecule has 0 bridgehead atoms. The van der Waals surface area contributed by atoms with Crippen LogP contribution < -0.4 is 5.32 Å². The Bertz CT molecular complexity index is 626. The van der Waals surface area contributed by atoms with E-state index in [4.69, 9.17) is 0 Å². The molecule has 2 aromatic rings. The van der Waals surface area contributed by atoms with E-state index in [1.807, 2.05) is 67.4 Å². The number of benzene rings is 2. The Balaban J connectivity index is 1.92. The number of carbonyl (C=O) groups excluding carboxylic acids is 1. The number of rotatable bonds is 6. The Morgan fingerprint density at radius 1 is 1.14 bits per heavy atom. The molecule has 116 valence electrons. The van der Waals surface area contributed by atoms with E-state index in [0.29, 0.717) is 6.54 Å². The summed E-state index contributed by atoms with van der Waals surface area (Å²) in [5.41, 5.74) is 3.70. The average molecular weight is 298 g/mol. The van der Waals surface area contributed by atoms with Gasteiger partial charge in [-0.3, -0.25) is 9.69 Å². The van der Waals surface area contributed by atoms with Crippen molar-refractivity contribution in [1.82, 2.24) is 4.90 Å². The molecular weight excluding hydrogens is 276 g/mol. The highest BCUT2D eigenvalue weighted by atomic mass is 16.3. The fourth-order valence-electron chi connectivity index (χ4n) is 2.29. The van der Waals surface area contributed by atoms with E-state index in [-0.39, 0.29) is 12.5 Å². The van der Waals surface area contributed by atoms with Gasteiger partial charge in [0.05, 0.1) is 13.2 Å². The lowest BCUT2D eigenvalue weighted by molar-refractivity contribution is -0.117. The van der Waals surface area contributed by atoms with Gasteiger partial charge >= 0.3 is 0 Å². The smallest absolute Gasteiger partial charge is 0.238 e. The molecular formula is C18H22N2O2. The maximum Gasteiger partial charge on any atom is 0.238 e. The first-order chi connectivity index (χ1) is 10.6. The van der Waals surface area contributed by atoms with Crippen LogP contribution in [0.4, 0.5) is 5.69 Å². The number of aliphatic hydroxyl groups is 1. The fourth-order valence-corrected chi connectivity index (χ4v) is 2.29. The Morgan fingerprint density at radius 2 is 1.86 bits per heavy atom. The lowest BCUT2D eigenvalue weighted by Gasteiger charge is -2.17. The van der Waals surface area contributed by atoms with Crippen molar-refractivity contribution < 1.29 is 9.90 Å². The summed E-state index contributed by atoms with van der Waals surface area (Å²) in [6, 6.07) is 15.6. The third-order valence-corrected chi connectivity index (χ3v) is 3.47. The zero-order valence-electron chi connectivity index (χ0n) is 13.0. The number of hydrogen-bond acceptors (Lipinski definition) is 3. The molecule has 0 spiro atoms. The maximum absolute atomic E-state index is 12.1. The zero-order chi connectivity index (χ0) is 15.9. The standard InChI is InChI=1S/C18H22N2O2/c1-14-8-9-16(13-21)10-17(14)19-18(22)12-20(2)11-15-6-4-3-5-7-15/h3-10,21H,11-13H2,1-2H3,(H,19,22). The van der Waals surface area contributed by atoms with Gasteiger partial charge in [-0.25, -0.2) is 0 Å². The van der Waals surface area contributed by atoms with Crippen molar-refractivity contribution in [2.24, 2.45) is 0 Å². The number of amides is 1. The van der Waals surface area contributed by atoms with Crippen LogP contribution in [0.2, 0.25) is 0 Å². The number of aryl methyl sites for hydroxylation is 1. The summed E-state index contributed by atoms with van der Waals surface area (Å²) >= 11 is 0. The average Bonchev–Trinajstić information content (AvgIpc) is 2.50. The molecule has 4 nitrogen and oxygen atoms in total. The highest BCUT2D eigenvalue weighted by molar-refractivity contribution is 5.93. The van der Waals surface area contributed by atoms with E-state index >= 15 is 0 Å². The minimum atomic E-state index is -0.0587. The molecule has 0 aliphatic rings. The predicted molar refractivity (Wildman–Crippen MR) is 88.5 cm³/mol. The van der Waals surface area contributed by atoms with Gasteiger partial charge in [0, 0.05) is 12.2 Å². The first kappa shape index (κ1) is 16.2. The number of aliphatic hydroxyl groups excluding tert-OH is 1. The summed E-state index contributed by atoms with van der Waals surface area (Å²) in [6.07, 6.45) is 0. The SMILES string of the molecule is Cc1ccc(CO)cc1NC(=O)CN(C)Cc1ccccc1. The van der Waals surface area contributed by atoms with Crippen LogP contribution in [0.25, 0.3) is 0 Å². The zero-order valence-corrected chi connectivity index (χ0v) is 13.0. The molecule has 2 N–H and O–H groups in total. The van der Waals surface area contributed by atoms with E-state index in [0.717, 1.165) is 23.4 Å². The molecule has 0 aromatic heterocycles. The summed E-state index contributed by atoms with van der Waals surface area (Å²) in [5, 5.41) is 12.1. The molecule has 0 heterocycles. The molecule has 0 radical (unpaired) electrons. The molecule has 0 aliphatic heterocycles. The van der Waals surface area contributed by atoms with Gasteiger partial charge in [-0.2, -0.15) is 0 Å². The number of carbonyl (C=O) groups is 1. The van der Waals surface area contributed by atoms with Crippen molar-refractivity contribution in [3.8, 4) is 0 Å². The summed E-state index contributed by atoms with van der Waals surface area (Å²) in [5.74, 6) is -0.0587. The lowest BCUT2D eigenvalue weighted by atomic mass is 10.1. The van der Waals surface area contributed by atoms with Crippen LogP contribution in [0.1, 0.15) is 16.7 Å². The molecule has 1 amide bonds. The molecule has 0 saturated heterocycles. The summed E-state index contributed by atoms with van der Waals surface area (Å²) < 4.78 is 0. The third kappa shape index (κ3) is 4.69. The van der Waals surface area contributed by atoms with Crippen molar-refractivity contribution in [2.75, 3.05) is 18.9 Å². The Hall–Kier alpha value is -2.17. The minimum Gasteiger partial charge on any atom is -0.392 e. The molecule has 0 fully saturated rings. The topological polar surface area (TPSA) is 52.6 Å². The summed E-state index contributed by atoms with van der Waals surface area (Å²) in [7, 11) is 1.92. The quantitative estimate of drug-likeness (QED) is 0.862. The van der Waals surface area contributed by atoms with Gasteiger partial charge in [-0.1, -0.05) is 42.5 Å². The Morgan fingerprint density at radius 3 is 2.55 bits per heavy atom. The molecule has 0 unspecified atom stereocenters. The highest BCUT2D eigenvalue weighted by Crippen LogP contribution is 2.17. The van der Waals surface area contributed by atoms with Crippen LogP contribution in [0.5, 0.6) is 0 Å². The monoisotopic (exact) mass is 298 g/mol. The van der Waals surface area contributed by atoms with E-state index in [2.05, 4.69) is 5.32 Å². The van der Waals surface area contributed by atoms with Crippen LogP contribution >= 0.6 is 0 Å². The van der Waals surface area contributed by atoms with Gasteiger partial charge in [-0.05, 0) is 36.7 Å². The second-order valence-corrected chi connectivity index (χ2v) is 5.51. The van der Waals surface area contributed by atoms with Gasteiger partial charge in [0.25, 0.3) is 0 Å². The maximum atomic E-state index is 12.1. The molecule has 2 rings (SSSR count). The number of likely N-dealkylation sites (N-methyl/N-ethyl adjacent to an activating group) is 1. The van der Waals surface area contributed by atoms with Gasteiger partial charge in [0.15, 0.2) is 0 Å². The third-order valence-electron chi connectivity index (χ3n) is 3.47. The predicted octanol–water partition coefficient (Wildman–Crippen LogP) is 2.56. The normalized spacial score (nSPS) is 10.7. The van der Waals surface area contributed by atoms with Crippen LogP contribution in [-0.4, -0.2) is 29.5 Å². The van der Waals surface area contributed by atoms with Gasteiger partial charge in [0.2, 0.25) is 5.91 Å². The van der Waals surface area contributed by atoms with Gasteiger partial charge in [0.1, 0.15) is 0 Å². The number of anilines is 1. The minimum absolute atomic E-state index is 0.0307. The second kappa shape index (κ2) is 7.73. The van der Waals surface area contributed by atoms with Crippen molar-refractivity contribution >= 4 is 11.6 Å². The van der Waals surface area contributed by atoms with Crippen LogP contribution in [0.15, 0.2) is 48.5 Å². The first-order valence-corrected chi connectivity index (χ1v) is 7.31. The molecule has 22 heavy (non-hydrogen) atoms. The van der Waals surface area contributed by atoms with Gasteiger partial charge < -0.3 is 10.4 Å². The molecule has 4 heteroatoms. The van der Waals surface area contributed by atoms with Crippen LogP contribution in [0, 0.1) is 6.92 Å². The molecule has 0 saturated carbocycles. The van der Waals surface area contributed by atoms with E-state index in [1.54, 1.807) is 0 Å². The van der Waals surface area contributed by atoms with Crippen LogP contribution in [-0.2, 0) is 17.9 Å². The Kier molecular flexibility index (Phi) is 5.69. The summed E-state index contributed by atoms with van der Waals surface area (Å²) in [6.45, 7) is 2.95. The van der Waals surface area contributed by atoms with Gasteiger partial charge in [-0.15, -0.1) is 0 Å². The lowest BCUT2D eigenvalue weighted by Crippen LogP contribution is -2.30. The van der Waals surface area contributed by atoms with E-state index in [9.17, 15) is 9.90 Å². The number of nitrogens with one attached hydrogen (secondary N) is 1. The molecule has 2 aromatic carbocycles. The highest BCUT2D eigenvalue weighted by Gasteiger charge is 2.09.